The zero-order chi connectivity index (χ0) is 11.5. The minimum absolute atomic E-state index is 0.132. The molecule has 3 heteroatoms. The topological polar surface area (TPSA) is 22.0 Å². The standard InChI is InChI=1S/C13H12ClNO/c1-10(11-4-6-12(14)7-5-11)15-8-2-3-13(15)9-16/h2-10H,1H3/t10-/m0/s1. The molecule has 2 aromatic rings. The molecule has 1 heterocycles. The molecule has 2 rings (SSSR count). The van der Waals surface area contributed by atoms with Gasteiger partial charge < -0.3 is 4.57 Å². The van der Waals surface area contributed by atoms with Crippen molar-refractivity contribution in [2.24, 2.45) is 0 Å². The fourth-order valence-corrected chi connectivity index (χ4v) is 1.89. The quantitative estimate of drug-likeness (QED) is 0.743. The Kier molecular flexibility index (Phi) is 3.11. The van der Waals surface area contributed by atoms with Crippen LogP contribution in [0, 0.1) is 0 Å². The van der Waals surface area contributed by atoms with Gasteiger partial charge in [0.25, 0.3) is 0 Å². The maximum atomic E-state index is 10.8. The molecule has 0 aliphatic heterocycles. The molecular formula is C13H12ClNO. The molecule has 0 fully saturated rings. The van der Waals surface area contributed by atoms with E-state index >= 15 is 0 Å². The third kappa shape index (κ3) is 2.02. The molecule has 0 N–H and O–H groups in total. The summed E-state index contributed by atoms with van der Waals surface area (Å²) >= 11 is 5.84. The second-order valence-electron chi connectivity index (χ2n) is 3.69. The van der Waals surface area contributed by atoms with Crippen molar-refractivity contribution in [1.29, 1.82) is 0 Å². The summed E-state index contributed by atoms with van der Waals surface area (Å²) in [6.45, 7) is 2.05. The summed E-state index contributed by atoms with van der Waals surface area (Å²) in [5.41, 5.74) is 1.81. The zero-order valence-corrected chi connectivity index (χ0v) is 9.69. The lowest BCUT2D eigenvalue weighted by Crippen LogP contribution is -2.08. The van der Waals surface area contributed by atoms with Crippen LogP contribution < -0.4 is 0 Å². The molecule has 1 aromatic heterocycles. The number of nitrogens with zero attached hydrogens (tertiary/aromatic N) is 1. The van der Waals surface area contributed by atoms with E-state index in [1.54, 1.807) is 6.07 Å². The minimum Gasteiger partial charge on any atom is -0.338 e. The van der Waals surface area contributed by atoms with Crippen LogP contribution in [0.2, 0.25) is 5.02 Å². The molecule has 16 heavy (non-hydrogen) atoms. The van der Waals surface area contributed by atoms with Gasteiger partial charge in [0.05, 0.1) is 11.7 Å². The molecule has 1 aromatic carbocycles. The van der Waals surface area contributed by atoms with Crippen LogP contribution in [0.25, 0.3) is 0 Å². The van der Waals surface area contributed by atoms with E-state index in [9.17, 15) is 4.79 Å². The molecule has 0 amide bonds. The summed E-state index contributed by atoms with van der Waals surface area (Å²) in [5.74, 6) is 0. The Morgan fingerprint density at radius 3 is 2.56 bits per heavy atom. The van der Waals surface area contributed by atoms with E-state index < -0.39 is 0 Å². The number of aldehydes is 1. The van der Waals surface area contributed by atoms with E-state index in [0.29, 0.717) is 5.69 Å². The van der Waals surface area contributed by atoms with Gasteiger partial charge in [-0.3, -0.25) is 4.79 Å². The smallest absolute Gasteiger partial charge is 0.166 e. The highest BCUT2D eigenvalue weighted by molar-refractivity contribution is 6.30. The number of rotatable bonds is 3. The van der Waals surface area contributed by atoms with Crippen LogP contribution in [0.4, 0.5) is 0 Å². The number of halogens is 1. The number of hydrogen-bond acceptors (Lipinski definition) is 1. The van der Waals surface area contributed by atoms with Gasteiger partial charge in [0.15, 0.2) is 6.29 Å². The summed E-state index contributed by atoms with van der Waals surface area (Å²) < 4.78 is 1.94. The Morgan fingerprint density at radius 2 is 1.94 bits per heavy atom. The first-order valence-corrected chi connectivity index (χ1v) is 5.47. The Bertz CT molecular complexity index is 487. The zero-order valence-electron chi connectivity index (χ0n) is 8.93. The summed E-state index contributed by atoms with van der Waals surface area (Å²) in [4.78, 5) is 10.8. The maximum absolute atomic E-state index is 10.8. The molecule has 0 aliphatic rings. The Hall–Kier alpha value is -1.54. The first kappa shape index (κ1) is 11.0. The normalized spacial score (nSPS) is 12.4. The van der Waals surface area contributed by atoms with Crippen molar-refractivity contribution in [2.45, 2.75) is 13.0 Å². The lowest BCUT2D eigenvalue weighted by molar-refractivity contribution is 0.111. The molecule has 82 valence electrons. The summed E-state index contributed by atoms with van der Waals surface area (Å²) in [6.07, 6.45) is 2.77. The molecule has 1 atom stereocenters. The van der Waals surface area contributed by atoms with E-state index in [1.165, 1.54) is 0 Å². The Balaban J connectivity index is 2.35. The van der Waals surface area contributed by atoms with Crippen molar-refractivity contribution < 1.29 is 4.79 Å². The SMILES string of the molecule is C[C@@H](c1ccc(Cl)cc1)n1cccc1C=O. The third-order valence-electron chi connectivity index (χ3n) is 2.70. The van der Waals surface area contributed by atoms with Gasteiger partial charge in [0, 0.05) is 11.2 Å². The van der Waals surface area contributed by atoms with Gasteiger partial charge in [-0.25, -0.2) is 0 Å². The predicted octanol–water partition coefficient (Wildman–Crippen LogP) is 3.56. The number of aromatic nitrogens is 1. The molecule has 0 saturated carbocycles. The largest absolute Gasteiger partial charge is 0.338 e. The first-order chi connectivity index (χ1) is 7.72. The maximum Gasteiger partial charge on any atom is 0.166 e. The van der Waals surface area contributed by atoms with Crippen molar-refractivity contribution in [3.05, 3.63) is 58.9 Å². The van der Waals surface area contributed by atoms with Gasteiger partial charge in [-0.15, -0.1) is 0 Å². The second-order valence-corrected chi connectivity index (χ2v) is 4.12. The van der Waals surface area contributed by atoms with Crippen molar-refractivity contribution >= 4 is 17.9 Å². The lowest BCUT2D eigenvalue weighted by Gasteiger charge is -2.15. The van der Waals surface area contributed by atoms with E-state index in [-0.39, 0.29) is 6.04 Å². The number of benzene rings is 1. The van der Waals surface area contributed by atoms with E-state index in [4.69, 9.17) is 11.6 Å². The van der Waals surface area contributed by atoms with Crippen LogP contribution in [0.3, 0.4) is 0 Å². The van der Waals surface area contributed by atoms with Crippen molar-refractivity contribution in [2.75, 3.05) is 0 Å². The van der Waals surface area contributed by atoms with Crippen LogP contribution >= 0.6 is 11.6 Å². The summed E-state index contributed by atoms with van der Waals surface area (Å²) in [5, 5.41) is 0.721. The van der Waals surface area contributed by atoms with Crippen LogP contribution in [0.15, 0.2) is 42.6 Å². The Morgan fingerprint density at radius 1 is 1.25 bits per heavy atom. The van der Waals surface area contributed by atoms with Gasteiger partial charge in [0.1, 0.15) is 0 Å². The van der Waals surface area contributed by atoms with E-state index in [2.05, 4.69) is 6.92 Å². The molecule has 0 saturated heterocycles. The van der Waals surface area contributed by atoms with Crippen molar-refractivity contribution in [1.82, 2.24) is 4.57 Å². The van der Waals surface area contributed by atoms with Crippen LogP contribution in [0.1, 0.15) is 29.0 Å². The summed E-state index contributed by atoms with van der Waals surface area (Å²) in [7, 11) is 0. The van der Waals surface area contributed by atoms with Gasteiger partial charge in [-0.2, -0.15) is 0 Å². The van der Waals surface area contributed by atoms with Crippen LogP contribution in [-0.4, -0.2) is 10.9 Å². The first-order valence-electron chi connectivity index (χ1n) is 5.10. The number of hydrogen-bond donors (Lipinski definition) is 0. The van der Waals surface area contributed by atoms with Gasteiger partial charge in [-0.05, 0) is 36.8 Å². The predicted molar refractivity (Wildman–Crippen MR) is 65.1 cm³/mol. The summed E-state index contributed by atoms with van der Waals surface area (Å²) in [6, 6.07) is 11.5. The van der Waals surface area contributed by atoms with Gasteiger partial charge in [-0.1, -0.05) is 23.7 Å². The fourth-order valence-electron chi connectivity index (χ4n) is 1.76. The third-order valence-corrected chi connectivity index (χ3v) is 2.95. The average molecular weight is 234 g/mol. The van der Waals surface area contributed by atoms with Crippen LogP contribution in [-0.2, 0) is 0 Å². The fraction of sp³-hybridized carbons (Fsp3) is 0.154. The van der Waals surface area contributed by atoms with E-state index in [0.717, 1.165) is 16.9 Å². The van der Waals surface area contributed by atoms with Crippen molar-refractivity contribution in [3.8, 4) is 0 Å². The highest BCUT2D eigenvalue weighted by atomic mass is 35.5. The van der Waals surface area contributed by atoms with Crippen molar-refractivity contribution in [3.63, 3.8) is 0 Å². The Labute approximate surface area is 99.5 Å². The highest BCUT2D eigenvalue weighted by Gasteiger charge is 2.09. The molecule has 0 aliphatic carbocycles. The molecule has 0 radical (unpaired) electrons. The lowest BCUT2D eigenvalue weighted by atomic mass is 10.1. The molecule has 0 spiro atoms. The number of carbonyl (C=O) groups is 1. The molecule has 0 unspecified atom stereocenters. The van der Waals surface area contributed by atoms with Gasteiger partial charge >= 0.3 is 0 Å². The minimum atomic E-state index is 0.132. The molecule has 2 nitrogen and oxygen atoms in total. The monoisotopic (exact) mass is 233 g/mol. The number of carbonyl (C=O) groups excluding carboxylic acids is 1. The molecule has 0 bridgehead atoms. The van der Waals surface area contributed by atoms with E-state index in [1.807, 2.05) is 41.1 Å². The second kappa shape index (κ2) is 4.54. The molecular weight excluding hydrogens is 222 g/mol. The van der Waals surface area contributed by atoms with Crippen LogP contribution in [0.5, 0.6) is 0 Å². The van der Waals surface area contributed by atoms with Gasteiger partial charge in [0.2, 0.25) is 0 Å². The highest BCUT2D eigenvalue weighted by Crippen LogP contribution is 2.21. The average Bonchev–Trinajstić information content (AvgIpc) is 2.77.